The Balaban J connectivity index is 2.15. The maximum absolute atomic E-state index is 12.1. The number of hydrogen-bond acceptors (Lipinski definition) is 4. The minimum Gasteiger partial charge on any atom is -0.383 e. The van der Waals surface area contributed by atoms with Crippen LogP contribution in [0.4, 0.5) is 0 Å². The Morgan fingerprint density at radius 2 is 2.24 bits per heavy atom. The lowest BCUT2D eigenvalue weighted by atomic mass is 9.93. The van der Waals surface area contributed by atoms with E-state index < -0.39 is 0 Å². The largest absolute Gasteiger partial charge is 0.383 e. The number of ether oxygens (including phenoxy) is 1. The van der Waals surface area contributed by atoms with Gasteiger partial charge in [-0.05, 0) is 25.8 Å². The van der Waals surface area contributed by atoms with Crippen LogP contribution in [0.1, 0.15) is 26.2 Å². The van der Waals surface area contributed by atoms with Gasteiger partial charge in [0.2, 0.25) is 5.91 Å². The highest BCUT2D eigenvalue weighted by Crippen LogP contribution is 2.22. The minimum atomic E-state index is -0.313. The topological polar surface area (TPSA) is 62.4 Å². The van der Waals surface area contributed by atoms with Gasteiger partial charge < -0.3 is 20.7 Å². The summed E-state index contributed by atoms with van der Waals surface area (Å²) in [6, 6.07) is 0. The summed E-state index contributed by atoms with van der Waals surface area (Å²) in [5.41, 5.74) is -0.313. The molecule has 1 saturated heterocycles. The number of rotatable bonds is 8. The third-order valence-electron chi connectivity index (χ3n) is 3.35. The summed E-state index contributed by atoms with van der Waals surface area (Å²) in [6.07, 6.45) is 2.90. The molecule has 17 heavy (non-hydrogen) atoms. The summed E-state index contributed by atoms with van der Waals surface area (Å²) in [5, 5.41) is 9.52. The first-order valence-electron chi connectivity index (χ1n) is 6.48. The van der Waals surface area contributed by atoms with Crippen LogP contribution in [0.2, 0.25) is 0 Å². The molecule has 3 N–H and O–H groups in total. The smallest absolute Gasteiger partial charge is 0.240 e. The van der Waals surface area contributed by atoms with Crippen molar-refractivity contribution in [3.63, 3.8) is 0 Å². The van der Waals surface area contributed by atoms with E-state index >= 15 is 0 Å². The zero-order valence-electron chi connectivity index (χ0n) is 11.0. The van der Waals surface area contributed by atoms with Crippen molar-refractivity contribution >= 4 is 5.91 Å². The predicted molar refractivity (Wildman–Crippen MR) is 68.0 cm³/mol. The molecule has 0 saturated carbocycles. The van der Waals surface area contributed by atoms with Gasteiger partial charge in [-0.1, -0.05) is 6.92 Å². The normalized spacial score (nSPS) is 23.9. The predicted octanol–water partition coefficient (Wildman–Crippen LogP) is -0.129. The van der Waals surface area contributed by atoms with E-state index in [1.807, 2.05) is 0 Å². The van der Waals surface area contributed by atoms with E-state index in [4.69, 9.17) is 4.74 Å². The monoisotopic (exact) mass is 243 g/mol. The van der Waals surface area contributed by atoms with Crippen LogP contribution in [0.5, 0.6) is 0 Å². The number of carbonyl (C=O) groups excluding carboxylic acids is 1. The Labute approximate surface area is 104 Å². The van der Waals surface area contributed by atoms with E-state index in [1.165, 1.54) is 0 Å². The SMILES string of the molecule is CCC1(C(=O)NCCNCCOC)CCCN1. The Morgan fingerprint density at radius 1 is 1.41 bits per heavy atom. The average molecular weight is 243 g/mol. The molecule has 0 aromatic heterocycles. The van der Waals surface area contributed by atoms with Gasteiger partial charge in [-0.2, -0.15) is 0 Å². The summed E-state index contributed by atoms with van der Waals surface area (Å²) >= 11 is 0. The van der Waals surface area contributed by atoms with Gasteiger partial charge in [-0.3, -0.25) is 4.79 Å². The van der Waals surface area contributed by atoms with Crippen LogP contribution in [-0.2, 0) is 9.53 Å². The summed E-state index contributed by atoms with van der Waals surface area (Å²) in [7, 11) is 1.68. The summed E-state index contributed by atoms with van der Waals surface area (Å²) in [5.74, 6) is 0.144. The quantitative estimate of drug-likeness (QED) is 0.520. The van der Waals surface area contributed by atoms with Gasteiger partial charge >= 0.3 is 0 Å². The third-order valence-corrected chi connectivity index (χ3v) is 3.35. The molecule has 0 aromatic carbocycles. The van der Waals surface area contributed by atoms with Gasteiger partial charge in [0.05, 0.1) is 12.1 Å². The second-order valence-corrected chi connectivity index (χ2v) is 4.46. The first-order chi connectivity index (χ1) is 8.25. The first-order valence-corrected chi connectivity index (χ1v) is 6.48. The molecule has 0 spiro atoms. The van der Waals surface area contributed by atoms with Crippen LogP contribution in [0, 0.1) is 0 Å². The van der Waals surface area contributed by atoms with Crippen molar-refractivity contribution in [3.05, 3.63) is 0 Å². The second kappa shape index (κ2) is 7.63. The maximum Gasteiger partial charge on any atom is 0.240 e. The van der Waals surface area contributed by atoms with Gasteiger partial charge in [0.15, 0.2) is 0 Å². The molecule has 1 amide bonds. The van der Waals surface area contributed by atoms with Crippen molar-refractivity contribution in [1.82, 2.24) is 16.0 Å². The van der Waals surface area contributed by atoms with Crippen molar-refractivity contribution < 1.29 is 9.53 Å². The highest BCUT2D eigenvalue weighted by Gasteiger charge is 2.38. The average Bonchev–Trinajstić information content (AvgIpc) is 2.83. The molecule has 100 valence electrons. The Morgan fingerprint density at radius 3 is 2.82 bits per heavy atom. The third kappa shape index (κ3) is 4.26. The zero-order chi connectivity index (χ0) is 12.6. The maximum atomic E-state index is 12.1. The lowest BCUT2D eigenvalue weighted by Crippen LogP contribution is -2.54. The molecule has 5 nitrogen and oxygen atoms in total. The van der Waals surface area contributed by atoms with E-state index in [1.54, 1.807) is 7.11 Å². The molecule has 1 aliphatic rings. The molecule has 1 fully saturated rings. The van der Waals surface area contributed by atoms with Crippen LogP contribution in [0.3, 0.4) is 0 Å². The Hall–Kier alpha value is -0.650. The molecule has 0 aliphatic carbocycles. The molecule has 1 heterocycles. The molecule has 5 heteroatoms. The molecule has 1 unspecified atom stereocenters. The molecule has 0 aromatic rings. The second-order valence-electron chi connectivity index (χ2n) is 4.46. The van der Waals surface area contributed by atoms with Crippen LogP contribution in [0.25, 0.3) is 0 Å². The summed E-state index contributed by atoms with van der Waals surface area (Å²) < 4.78 is 4.92. The number of hydrogen-bond donors (Lipinski definition) is 3. The fourth-order valence-electron chi connectivity index (χ4n) is 2.20. The van der Waals surface area contributed by atoms with Gasteiger partial charge in [0.1, 0.15) is 0 Å². The van der Waals surface area contributed by atoms with Gasteiger partial charge in [-0.25, -0.2) is 0 Å². The van der Waals surface area contributed by atoms with Crippen molar-refractivity contribution in [2.75, 3.05) is 39.9 Å². The van der Waals surface area contributed by atoms with Gasteiger partial charge in [0.25, 0.3) is 0 Å². The van der Waals surface area contributed by atoms with E-state index in [-0.39, 0.29) is 11.4 Å². The van der Waals surface area contributed by atoms with Crippen LogP contribution in [0.15, 0.2) is 0 Å². The fraction of sp³-hybridized carbons (Fsp3) is 0.917. The van der Waals surface area contributed by atoms with E-state index in [2.05, 4.69) is 22.9 Å². The Bertz CT molecular complexity index is 228. The van der Waals surface area contributed by atoms with Crippen molar-refractivity contribution in [3.8, 4) is 0 Å². The molecular weight excluding hydrogens is 218 g/mol. The lowest BCUT2D eigenvalue weighted by Gasteiger charge is -2.26. The molecule has 1 atom stereocenters. The van der Waals surface area contributed by atoms with E-state index in [9.17, 15) is 4.79 Å². The molecular formula is C12H25N3O2. The molecule has 1 aliphatic heterocycles. The molecule has 0 bridgehead atoms. The van der Waals surface area contributed by atoms with Gasteiger partial charge in [0, 0.05) is 26.7 Å². The first kappa shape index (κ1) is 14.4. The number of carbonyl (C=O) groups is 1. The summed E-state index contributed by atoms with van der Waals surface area (Å²) in [4.78, 5) is 12.1. The van der Waals surface area contributed by atoms with Crippen LogP contribution < -0.4 is 16.0 Å². The summed E-state index contributed by atoms with van der Waals surface area (Å²) in [6.45, 7) is 6.00. The highest BCUT2D eigenvalue weighted by atomic mass is 16.5. The minimum absolute atomic E-state index is 0.144. The van der Waals surface area contributed by atoms with E-state index in [0.717, 1.165) is 38.9 Å². The van der Waals surface area contributed by atoms with Crippen molar-refractivity contribution in [1.29, 1.82) is 0 Å². The van der Waals surface area contributed by atoms with Crippen LogP contribution >= 0.6 is 0 Å². The van der Waals surface area contributed by atoms with Crippen molar-refractivity contribution in [2.45, 2.75) is 31.7 Å². The fourth-order valence-corrected chi connectivity index (χ4v) is 2.20. The Kier molecular flexibility index (Phi) is 6.47. The number of nitrogens with one attached hydrogen (secondary N) is 3. The van der Waals surface area contributed by atoms with Crippen molar-refractivity contribution in [2.24, 2.45) is 0 Å². The number of methoxy groups -OCH3 is 1. The zero-order valence-corrected chi connectivity index (χ0v) is 11.0. The van der Waals surface area contributed by atoms with Crippen LogP contribution in [-0.4, -0.2) is 51.3 Å². The highest BCUT2D eigenvalue weighted by molar-refractivity contribution is 5.86. The molecule has 1 rings (SSSR count). The molecule has 0 radical (unpaired) electrons. The number of amides is 1. The van der Waals surface area contributed by atoms with E-state index in [0.29, 0.717) is 13.2 Å². The lowest BCUT2D eigenvalue weighted by molar-refractivity contribution is -0.127. The van der Waals surface area contributed by atoms with Gasteiger partial charge in [-0.15, -0.1) is 0 Å². The standard InChI is InChI=1S/C12H25N3O2/c1-3-12(5-4-6-15-12)11(16)14-8-7-13-9-10-17-2/h13,15H,3-10H2,1-2H3,(H,14,16).